The molecule has 58 valence electrons. The molecule has 0 aliphatic heterocycles. The summed E-state index contributed by atoms with van der Waals surface area (Å²) in [6.07, 6.45) is 0. The molecule has 0 fully saturated rings. The van der Waals surface area contributed by atoms with E-state index >= 15 is 0 Å². The lowest BCUT2D eigenvalue weighted by atomic mass is 9.81. The van der Waals surface area contributed by atoms with Gasteiger partial charge >= 0.3 is 7.12 Å². The van der Waals surface area contributed by atoms with Crippen molar-refractivity contribution in [2.45, 2.75) is 0 Å². The zero-order valence-electron chi connectivity index (χ0n) is 5.46. The molecular formula is C6H5BI2O2. The van der Waals surface area contributed by atoms with E-state index in [4.69, 9.17) is 10.0 Å². The largest absolute Gasteiger partial charge is 0.489 e. The van der Waals surface area contributed by atoms with Crippen molar-refractivity contribution in [1.82, 2.24) is 0 Å². The number of hydrogen-bond acceptors (Lipinski definition) is 2. The van der Waals surface area contributed by atoms with Gasteiger partial charge in [0.05, 0.1) is 0 Å². The Bertz CT molecular complexity index is 265. The van der Waals surface area contributed by atoms with Crippen molar-refractivity contribution in [2.75, 3.05) is 0 Å². The maximum atomic E-state index is 8.88. The minimum atomic E-state index is -1.36. The molecule has 0 amide bonds. The Labute approximate surface area is 92.4 Å². The Hall–Kier alpha value is 0.665. The van der Waals surface area contributed by atoms with Crippen molar-refractivity contribution in [2.24, 2.45) is 0 Å². The first-order valence-corrected chi connectivity index (χ1v) is 5.08. The van der Waals surface area contributed by atoms with Crippen molar-refractivity contribution in [3.63, 3.8) is 0 Å². The summed E-state index contributed by atoms with van der Waals surface area (Å²) in [4.78, 5) is 0. The maximum Gasteiger partial charge on any atom is 0.489 e. The van der Waals surface area contributed by atoms with E-state index in [1.807, 2.05) is 6.07 Å². The summed E-state index contributed by atoms with van der Waals surface area (Å²) >= 11 is 4.25. The lowest BCUT2D eigenvalue weighted by molar-refractivity contribution is 0.425. The topological polar surface area (TPSA) is 40.5 Å². The van der Waals surface area contributed by atoms with Crippen LogP contribution in [-0.4, -0.2) is 17.2 Å². The van der Waals surface area contributed by atoms with Gasteiger partial charge in [-0.1, -0.05) is 12.1 Å². The van der Waals surface area contributed by atoms with Crippen LogP contribution in [0.1, 0.15) is 0 Å². The van der Waals surface area contributed by atoms with Gasteiger partial charge in [0.2, 0.25) is 0 Å². The molecule has 1 rings (SSSR count). The molecule has 0 aliphatic carbocycles. The number of halogens is 2. The molecule has 5 heteroatoms. The highest BCUT2D eigenvalue weighted by molar-refractivity contribution is 14.1. The van der Waals surface area contributed by atoms with Crippen LogP contribution >= 0.6 is 45.2 Å². The van der Waals surface area contributed by atoms with E-state index in [9.17, 15) is 0 Å². The van der Waals surface area contributed by atoms with Gasteiger partial charge in [0, 0.05) is 7.14 Å². The monoisotopic (exact) mass is 374 g/mol. The van der Waals surface area contributed by atoms with E-state index < -0.39 is 7.12 Å². The predicted molar refractivity (Wildman–Crippen MR) is 61.7 cm³/mol. The minimum Gasteiger partial charge on any atom is -0.423 e. The highest BCUT2D eigenvalue weighted by Gasteiger charge is 2.15. The molecule has 0 aliphatic rings. The van der Waals surface area contributed by atoms with Crippen molar-refractivity contribution in [1.29, 1.82) is 0 Å². The zero-order chi connectivity index (χ0) is 8.43. The molecule has 2 nitrogen and oxygen atoms in total. The van der Waals surface area contributed by atoms with E-state index in [0.29, 0.717) is 5.46 Å². The smallest absolute Gasteiger partial charge is 0.423 e. The third-order valence-electron chi connectivity index (χ3n) is 1.26. The van der Waals surface area contributed by atoms with Crippen LogP contribution in [0.3, 0.4) is 0 Å². The summed E-state index contributed by atoms with van der Waals surface area (Å²) in [5, 5.41) is 17.8. The van der Waals surface area contributed by atoms with Gasteiger partial charge in [0.1, 0.15) is 0 Å². The summed E-state index contributed by atoms with van der Waals surface area (Å²) < 4.78 is 1.94. The quantitative estimate of drug-likeness (QED) is 0.558. The lowest BCUT2D eigenvalue weighted by Gasteiger charge is -2.03. The average Bonchev–Trinajstić information content (AvgIpc) is 1.94. The van der Waals surface area contributed by atoms with E-state index in [1.165, 1.54) is 0 Å². The Morgan fingerprint density at radius 2 is 1.82 bits per heavy atom. The highest BCUT2D eigenvalue weighted by Crippen LogP contribution is 2.11. The standard InChI is InChI=1S/C6H5BI2O2/c8-5-3-1-2-4(6(5)9)7(10)11/h1-3,10-11H. The normalized spacial score (nSPS) is 9.82. The molecule has 2 N–H and O–H groups in total. The van der Waals surface area contributed by atoms with Crippen LogP contribution in [0.25, 0.3) is 0 Å². The van der Waals surface area contributed by atoms with Crippen LogP contribution in [0.4, 0.5) is 0 Å². The lowest BCUT2D eigenvalue weighted by Crippen LogP contribution is -2.32. The molecule has 0 radical (unpaired) electrons. The first-order valence-electron chi connectivity index (χ1n) is 2.93. The van der Waals surface area contributed by atoms with Crippen molar-refractivity contribution >= 4 is 57.8 Å². The van der Waals surface area contributed by atoms with Crippen LogP contribution in [0.5, 0.6) is 0 Å². The second kappa shape index (κ2) is 4.06. The first kappa shape index (κ1) is 9.75. The van der Waals surface area contributed by atoms with Gasteiger partial charge in [-0.25, -0.2) is 0 Å². The van der Waals surface area contributed by atoms with E-state index in [0.717, 1.165) is 7.14 Å². The second-order valence-corrected chi connectivity index (χ2v) is 4.26. The number of benzene rings is 1. The number of rotatable bonds is 1. The summed E-state index contributed by atoms with van der Waals surface area (Å²) in [7, 11) is -1.36. The van der Waals surface area contributed by atoms with Gasteiger partial charge in [-0.3, -0.25) is 0 Å². The highest BCUT2D eigenvalue weighted by atomic mass is 127. The summed E-state index contributed by atoms with van der Waals surface area (Å²) in [6.45, 7) is 0. The molecule has 0 heterocycles. The molecule has 0 saturated carbocycles. The van der Waals surface area contributed by atoms with E-state index in [1.54, 1.807) is 12.1 Å². The van der Waals surface area contributed by atoms with E-state index in [2.05, 4.69) is 45.2 Å². The van der Waals surface area contributed by atoms with Gasteiger partial charge in [0.15, 0.2) is 0 Å². The van der Waals surface area contributed by atoms with Gasteiger partial charge in [0.25, 0.3) is 0 Å². The molecule has 0 aromatic heterocycles. The Morgan fingerprint density at radius 1 is 1.18 bits per heavy atom. The average molecular weight is 374 g/mol. The fourth-order valence-electron chi connectivity index (χ4n) is 0.720. The van der Waals surface area contributed by atoms with Crippen LogP contribution in [0, 0.1) is 7.14 Å². The second-order valence-electron chi connectivity index (χ2n) is 2.02. The van der Waals surface area contributed by atoms with Gasteiger partial charge < -0.3 is 10.0 Å². The molecule has 1 aromatic rings. The van der Waals surface area contributed by atoms with E-state index in [-0.39, 0.29) is 0 Å². The van der Waals surface area contributed by atoms with Crippen LogP contribution in [-0.2, 0) is 0 Å². The van der Waals surface area contributed by atoms with Crippen molar-refractivity contribution < 1.29 is 10.0 Å². The minimum absolute atomic E-state index is 0.567. The van der Waals surface area contributed by atoms with Gasteiger partial charge in [-0.05, 0) is 56.7 Å². The molecular weight excluding hydrogens is 369 g/mol. The predicted octanol–water partition coefficient (Wildman–Crippen LogP) is 0.576. The summed E-state index contributed by atoms with van der Waals surface area (Å²) in [6, 6.07) is 5.43. The summed E-state index contributed by atoms with van der Waals surface area (Å²) in [5.41, 5.74) is 0.567. The number of hydrogen-bond donors (Lipinski definition) is 2. The Kier molecular flexibility index (Phi) is 3.60. The Balaban J connectivity index is 3.17. The maximum absolute atomic E-state index is 8.88. The molecule has 0 saturated heterocycles. The molecule has 1 aromatic carbocycles. The molecule has 0 unspecified atom stereocenters. The van der Waals surface area contributed by atoms with Crippen LogP contribution in [0.15, 0.2) is 18.2 Å². The fraction of sp³-hybridized carbons (Fsp3) is 0. The molecule has 0 bridgehead atoms. The zero-order valence-corrected chi connectivity index (χ0v) is 9.77. The van der Waals surface area contributed by atoms with Crippen LogP contribution in [0.2, 0.25) is 0 Å². The Morgan fingerprint density at radius 3 is 2.27 bits per heavy atom. The van der Waals surface area contributed by atoms with Crippen LogP contribution < -0.4 is 5.46 Å². The fourth-order valence-corrected chi connectivity index (χ4v) is 1.88. The van der Waals surface area contributed by atoms with Gasteiger partial charge in [-0.2, -0.15) is 0 Å². The first-order chi connectivity index (χ1) is 5.13. The third-order valence-corrected chi connectivity index (χ3v) is 4.39. The SMILES string of the molecule is OB(O)c1cccc(I)c1I. The van der Waals surface area contributed by atoms with Crippen molar-refractivity contribution in [3.8, 4) is 0 Å². The van der Waals surface area contributed by atoms with Gasteiger partial charge in [-0.15, -0.1) is 0 Å². The molecule has 0 spiro atoms. The molecule has 11 heavy (non-hydrogen) atoms. The summed E-state index contributed by atoms with van der Waals surface area (Å²) in [5.74, 6) is 0. The van der Waals surface area contributed by atoms with Crippen molar-refractivity contribution in [3.05, 3.63) is 25.3 Å². The third kappa shape index (κ3) is 2.30. The molecule has 0 atom stereocenters.